The van der Waals surface area contributed by atoms with Crippen LogP contribution in [0.15, 0.2) is 18.2 Å². The van der Waals surface area contributed by atoms with E-state index in [2.05, 4.69) is 27.5 Å². The summed E-state index contributed by atoms with van der Waals surface area (Å²) in [5.41, 5.74) is 7.64. The summed E-state index contributed by atoms with van der Waals surface area (Å²) in [7, 11) is 0. The first-order valence-corrected chi connectivity index (χ1v) is 8.48. The molecule has 2 rings (SSSR count). The van der Waals surface area contributed by atoms with E-state index in [0.29, 0.717) is 4.99 Å². The number of rotatable bonds is 3. The molecule has 0 aliphatic carbocycles. The molecule has 1 saturated heterocycles. The quantitative estimate of drug-likeness (QED) is 0.604. The van der Waals surface area contributed by atoms with E-state index in [0.717, 1.165) is 40.9 Å². The van der Waals surface area contributed by atoms with Gasteiger partial charge in [0.15, 0.2) is 0 Å². The maximum Gasteiger partial charge on any atom is 0.255 e. The molecule has 0 bridgehead atoms. The topological polar surface area (TPSA) is 49.6 Å². The fourth-order valence-electron chi connectivity index (χ4n) is 2.48. The maximum atomic E-state index is 12.6. The number of amides is 1. The monoisotopic (exact) mass is 417 g/mol. The van der Waals surface area contributed by atoms with Crippen molar-refractivity contribution in [3.63, 3.8) is 0 Å². The third-order valence-electron chi connectivity index (χ3n) is 3.98. The van der Waals surface area contributed by atoms with Crippen molar-refractivity contribution >= 4 is 45.7 Å². The standard InChI is InChI=1S/C15H20IN3OS/c1-10-4-3-5-12(13(10)16)15(20)19-8-6-18(7-9-19)11(2)14(17)21/h3-5,11H,6-9H2,1-2H3,(H2,17,21). The van der Waals surface area contributed by atoms with Crippen LogP contribution in [0, 0.1) is 10.5 Å². The maximum absolute atomic E-state index is 12.6. The van der Waals surface area contributed by atoms with Crippen molar-refractivity contribution in [1.29, 1.82) is 0 Å². The number of halogens is 1. The Morgan fingerprint density at radius 1 is 1.33 bits per heavy atom. The molecule has 1 unspecified atom stereocenters. The van der Waals surface area contributed by atoms with Gasteiger partial charge in [-0.2, -0.15) is 0 Å². The highest BCUT2D eigenvalue weighted by Crippen LogP contribution is 2.19. The summed E-state index contributed by atoms with van der Waals surface area (Å²) in [6.07, 6.45) is 0. The van der Waals surface area contributed by atoms with Crippen LogP contribution in [-0.2, 0) is 0 Å². The molecule has 1 fully saturated rings. The second-order valence-electron chi connectivity index (χ2n) is 5.34. The summed E-state index contributed by atoms with van der Waals surface area (Å²) in [4.78, 5) is 17.3. The highest BCUT2D eigenvalue weighted by Gasteiger charge is 2.26. The molecule has 1 aromatic rings. The highest BCUT2D eigenvalue weighted by atomic mass is 127. The zero-order chi connectivity index (χ0) is 15.6. The van der Waals surface area contributed by atoms with Crippen LogP contribution in [0.1, 0.15) is 22.8 Å². The van der Waals surface area contributed by atoms with Crippen molar-refractivity contribution in [2.24, 2.45) is 5.73 Å². The van der Waals surface area contributed by atoms with Crippen LogP contribution in [0.3, 0.4) is 0 Å². The lowest BCUT2D eigenvalue weighted by Crippen LogP contribution is -2.54. The molecule has 0 saturated carbocycles. The van der Waals surface area contributed by atoms with Crippen molar-refractivity contribution in [3.8, 4) is 0 Å². The normalized spacial score (nSPS) is 17.6. The lowest BCUT2D eigenvalue weighted by atomic mass is 10.1. The Balaban J connectivity index is 2.04. The summed E-state index contributed by atoms with van der Waals surface area (Å²) in [6.45, 7) is 7.11. The molecular formula is C15H20IN3OS. The van der Waals surface area contributed by atoms with E-state index in [-0.39, 0.29) is 11.9 Å². The number of thiocarbonyl (C=S) groups is 1. The van der Waals surface area contributed by atoms with E-state index in [1.54, 1.807) is 0 Å². The lowest BCUT2D eigenvalue weighted by Gasteiger charge is -2.37. The zero-order valence-corrected chi connectivity index (χ0v) is 15.3. The Labute approximate surface area is 144 Å². The molecule has 0 radical (unpaired) electrons. The minimum Gasteiger partial charge on any atom is -0.392 e. The number of nitrogens with zero attached hydrogens (tertiary/aromatic N) is 2. The van der Waals surface area contributed by atoms with Crippen molar-refractivity contribution in [3.05, 3.63) is 32.9 Å². The van der Waals surface area contributed by atoms with Gasteiger partial charge in [-0.3, -0.25) is 9.69 Å². The number of hydrogen-bond acceptors (Lipinski definition) is 3. The fraction of sp³-hybridized carbons (Fsp3) is 0.467. The molecule has 0 aromatic heterocycles. The number of hydrogen-bond donors (Lipinski definition) is 1. The van der Waals surface area contributed by atoms with Gasteiger partial charge in [0.2, 0.25) is 0 Å². The number of aryl methyl sites for hydroxylation is 1. The second-order valence-corrected chi connectivity index (χ2v) is 6.89. The number of carbonyl (C=O) groups excluding carboxylic acids is 1. The van der Waals surface area contributed by atoms with E-state index in [1.165, 1.54) is 0 Å². The summed E-state index contributed by atoms with van der Waals surface area (Å²) in [6, 6.07) is 5.97. The highest BCUT2D eigenvalue weighted by molar-refractivity contribution is 14.1. The Bertz CT molecular complexity index is 556. The molecule has 0 spiro atoms. The smallest absolute Gasteiger partial charge is 0.255 e. The van der Waals surface area contributed by atoms with Crippen LogP contribution in [0.5, 0.6) is 0 Å². The first-order valence-electron chi connectivity index (χ1n) is 6.99. The number of piperazine rings is 1. The van der Waals surface area contributed by atoms with Gasteiger partial charge in [0.25, 0.3) is 5.91 Å². The summed E-state index contributed by atoms with van der Waals surface area (Å²) in [5.74, 6) is 0.116. The SMILES string of the molecule is Cc1cccc(C(=O)N2CCN(C(C)C(N)=S)CC2)c1I. The van der Waals surface area contributed by atoms with Gasteiger partial charge in [-0.05, 0) is 48.1 Å². The van der Waals surface area contributed by atoms with Crippen LogP contribution in [-0.4, -0.2) is 52.9 Å². The van der Waals surface area contributed by atoms with E-state index in [4.69, 9.17) is 18.0 Å². The molecule has 1 atom stereocenters. The third-order valence-corrected chi connectivity index (χ3v) is 5.76. The summed E-state index contributed by atoms with van der Waals surface area (Å²) in [5, 5.41) is 0. The van der Waals surface area contributed by atoms with Gasteiger partial charge in [-0.15, -0.1) is 0 Å². The van der Waals surface area contributed by atoms with Gasteiger partial charge in [-0.1, -0.05) is 24.4 Å². The minimum absolute atomic E-state index is 0.0938. The molecule has 114 valence electrons. The number of benzene rings is 1. The number of carbonyl (C=O) groups is 1. The van der Waals surface area contributed by atoms with Crippen LogP contribution in [0.2, 0.25) is 0 Å². The van der Waals surface area contributed by atoms with Crippen molar-refractivity contribution < 1.29 is 4.79 Å². The van der Waals surface area contributed by atoms with Gasteiger partial charge < -0.3 is 10.6 Å². The molecule has 6 heteroatoms. The largest absolute Gasteiger partial charge is 0.392 e. The van der Waals surface area contributed by atoms with Crippen LogP contribution < -0.4 is 5.73 Å². The lowest BCUT2D eigenvalue weighted by molar-refractivity contribution is 0.0620. The van der Waals surface area contributed by atoms with E-state index < -0.39 is 0 Å². The molecular weight excluding hydrogens is 397 g/mol. The second kappa shape index (κ2) is 7.02. The first kappa shape index (κ1) is 16.6. The van der Waals surface area contributed by atoms with Gasteiger partial charge in [0, 0.05) is 29.7 Å². The number of nitrogens with two attached hydrogens (primary N) is 1. The van der Waals surface area contributed by atoms with Crippen LogP contribution in [0.25, 0.3) is 0 Å². The van der Waals surface area contributed by atoms with Gasteiger partial charge >= 0.3 is 0 Å². The summed E-state index contributed by atoms with van der Waals surface area (Å²) >= 11 is 7.29. The van der Waals surface area contributed by atoms with Crippen LogP contribution in [0.4, 0.5) is 0 Å². The van der Waals surface area contributed by atoms with Gasteiger partial charge in [-0.25, -0.2) is 0 Å². The zero-order valence-electron chi connectivity index (χ0n) is 12.3. The minimum atomic E-state index is 0.0938. The molecule has 2 N–H and O–H groups in total. The van der Waals surface area contributed by atoms with Crippen LogP contribution >= 0.6 is 34.8 Å². The average molecular weight is 417 g/mol. The van der Waals surface area contributed by atoms with E-state index >= 15 is 0 Å². The predicted molar refractivity (Wildman–Crippen MR) is 97.6 cm³/mol. The fourth-order valence-corrected chi connectivity index (χ4v) is 3.21. The third kappa shape index (κ3) is 3.73. The molecule has 1 aromatic carbocycles. The Morgan fingerprint density at radius 2 is 1.95 bits per heavy atom. The molecule has 21 heavy (non-hydrogen) atoms. The van der Waals surface area contributed by atoms with Gasteiger partial charge in [0.05, 0.1) is 16.6 Å². The van der Waals surface area contributed by atoms with E-state index in [9.17, 15) is 4.79 Å². The molecule has 1 aliphatic heterocycles. The molecule has 1 aliphatic rings. The summed E-state index contributed by atoms with van der Waals surface area (Å²) < 4.78 is 1.04. The van der Waals surface area contributed by atoms with Crippen molar-refractivity contribution in [2.75, 3.05) is 26.2 Å². The Hall–Kier alpha value is -0.730. The van der Waals surface area contributed by atoms with Gasteiger partial charge in [0.1, 0.15) is 0 Å². The van der Waals surface area contributed by atoms with Crippen molar-refractivity contribution in [1.82, 2.24) is 9.80 Å². The van der Waals surface area contributed by atoms with E-state index in [1.807, 2.05) is 36.9 Å². The predicted octanol–water partition coefficient (Wildman–Crippen LogP) is 2.03. The molecule has 1 heterocycles. The average Bonchev–Trinajstić information content (AvgIpc) is 2.48. The molecule has 1 amide bonds. The Morgan fingerprint density at radius 3 is 2.52 bits per heavy atom. The Kier molecular flexibility index (Phi) is 5.56. The molecule has 4 nitrogen and oxygen atoms in total. The van der Waals surface area contributed by atoms with Crippen molar-refractivity contribution in [2.45, 2.75) is 19.9 Å². The first-order chi connectivity index (χ1) is 9.91.